The molecule has 1 rings (SSSR count). The molecule has 96 valence electrons. The van der Waals surface area contributed by atoms with Gasteiger partial charge in [-0.2, -0.15) is 0 Å². The van der Waals surface area contributed by atoms with Gasteiger partial charge in [0.2, 0.25) is 0 Å². The number of hydrogen-bond donors (Lipinski definition) is 2. The van der Waals surface area contributed by atoms with E-state index in [-0.39, 0.29) is 0 Å². The van der Waals surface area contributed by atoms with Crippen LogP contribution in [0.4, 0.5) is 0 Å². The van der Waals surface area contributed by atoms with Gasteiger partial charge in [0.25, 0.3) is 0 Å². The summed E-state index contributed by atoms with van der Waals surface area (Å²) in [4.78, 5) is 0. The quantitative estimate of drug-likeness (QED) is 0.798. The molecule has 0 amide bonds. The van der Waals surface area contributed by atoms with E-state index in [1.807, 2.05) is 24.3 Å². The molecule has 0 bridgehead atoms. The monoisotopic (exact) mass is 237 g/mol. The number of aliphatic hydroxyl groups is 1. The van der Waals surface area contributed by atoms with Crippen LogP contribution in [0.5, 0.6) is 5.75 Å². The minimum atomic E-state index is -0.470. The van der Waals surface area contributed by atoms with E-state index in [0.29, 0.717) is 18.5 Å². The smallest absolute Gasteiger partial charge is 0.118 e. The van der Waals surface area contributed by atoms with E-state index >= 15 is 0 Å². The number of hydrogen-bond acceptors (Lipinski definition) is 3. The van der Waals surface area contributed by atoms with E-state index in [2.05, 4.69) is 26.1 Å². The molecule has 3 nitrogen and oxygen atoms in total. The SMILES string of the molecule is COc1ccc(C(O)CNC(C)C(C)C)cc1. The van der Waals surface area contributed by atoms with E-state index in [1.165, 1.54) is 0 Å². The maximum atomic E-state index is 10.0. The van der Waals surface area contributed by atoms with Crippen molar-refractivity contribution in [1.29, 1.82) is 0 Å². The number of rotatable bonds is 6. The van der Waals surface area contributed by atoms with Crippen LogP contribution in [0, 0.1) is 5.92 Å². The van der Waals surface area contributed by atoms with Crippen LogP contribution in [0.3, 0.4) is 0 Å². The Morgan fingerprint density at radius 2 is 1.76 bits per heavy atom. The van der Waals surface area contributed by atoms with Crippen LogP contribution < -0.4 is 10.1 Å². The summed E-state index contributed by atoms with van der Waals surface area (Å²) in [6.07, 6.45) is -0.470. The fourth-order valence-electron chi connectivity index (χ4n) is 1.48. The predicted molar refractivity (Wildman–Crippen MR) is 70.3 cm³/mol. The lowest BCUT2D eigenvalue weighted by molar-refractivity contribution is 0.167. The molecule has 0 aromatic heterocycles. The molecule has 0 saturated carbocycles. The third-order valence-electron chi connectivity index (χ3n) is 3.13. The standard InChI is InChI=1S/C14H23NO2/c1-10(2)11(3)15-9-14(16)12-5-7-13(17-4)8-6-12/h5-8,10-11,14-16H,9H2,1-4H3. The minimum Gasteiger partial charge on any atom is -0.497 e. The maximum Gasteiger partial charge on any atom is 0.118 e. The molecular formula is C14H23NO2. The second kappa shape index (κ2) is 6.62. The van der Waals surface area contributed by atoms with Gasteiger partial charge in [-0.05, 0) is 30.5 Å². The number of benzene rings is 1. The molecule has 0 aliphatic heterocycles. The van der Waals surface area contributed by atoms with Crippen molar-refractivity contribution in [3.8, 4) is 5.75 Å². The molecule has 0 aliphatic carbocycles. The van der Waals surface area contributed by atoms with Crippen molar-refractivity contribution in [2.45, 2.75) is 32.9 Å². The van der Waals surface area contributed by atoms with Gasteiger partial charge in [-0.25, -0.2) is 0 Å². The highest BCUT2D eigenvalue weighted by molar-refractivity contribution is 5.28. The van der Waals surface area contributed by atoms with Crippen molar-refractivity contribution in [3.05, 3.63) is 29.8 Å². The van der Waals surface area contributed by atoms with Crippen molar-refractivity contribution < 1.29 is 9.84 Å². The molecule has 0 aliphatic rings. The summed E-state index contributed by atoms with van der Waals surface area (Å²) < 4.78 is 5.08. The van der Waals surface area contributed by atoms with Crippen LogP contribution in [0.1, 0.15) is 32.4 Å². The Morgan fingerprint density at radius 3 is 2.24 bits per heavy atom. The highest BCUT2D eigenvalue weighted by Crippen LogP contribution is 2.17. The Morgan fingerprint density at radius 1 is 1.18 bits per heavy atom. The van der Waals surface area contributed by atoms with Gasteiger partial charge in [0, 0.05) is 12.6 Å². The first-order chi connectivity index (χ1) is 8.04. The molecule has 0 saturated heterocycles. The molecular weight excluding hydrogens is 214 g/mol. The Bertz CT molecular complexity index is 321. The molecule has 1 aromatic carbocycles. The molecule has 2 N–H and O–H groups in total. The first kappa shape index (κ1) is 14.0. The molecule has 0 radical (unpaired) electrons. The van der Waals surface area contributed by atoms with Gasteiger partial charge in [0.1, 0.15) is 5.75 Å². The number of nitrogens with one attached hydrogen (secondary N) is 1. The Hall–Kier alpha value is -1.06. The van der Waals surface area contributed by atoms with Gasteiger partial charge in [0.05, 0.1) is 13.2 Å². The molecule has 3 heteroatoms. The first-order valence-corrected chi connectivity index (χ1v) is 6.10. The normalized spacial score (nSPS) is 14.7. The summed E-state index contributed by atoms with van der Waals surface area (Å²) in [5.41, 5.74) is 0.911. The largest absolute Gasteiger partial charge is 0.497 e. The molecule has 0 fully saturated rings. The molecule has 1 aromatic rings. The van der Waals surface area contributed by atoms with Crippen molar-refractivity contribution in [1.82, 2.24) is 5.32 Å². The van der Waals surface area contributed by atoms with Gasteiger partial charge < -0.3 is 15.2 Å². The lowest BCUT2D eigenvalue weighted by Crippen LogP contribution is -2.34. The maximum absolute atomic E-state index is 10.0. The summed E-state index contributed by atoms with van der Waals surface area (Å²) in [6.45, 7) is 7.03. The van der Waals surface area contributed by atoms with Crippen LogP contribution in [0.2, 0.25) is 0 Å². The average Bonchev–Trinajstić information content (AvgIpc) is 2.35. The van der Waals surface area contributed by atoms with E-state index in [4.69, 9.17) is 4.74 Å². The van der Waals surface area contributed by atoms with E-state index < -0.39 is 6.10 Å². The van der Waals surface area contributed by atoms with Crippen LogP contribution >= 0.6 is 0 Å². The Balaban J connectivity index is 2.48. The zero-order valence-electron chi connectivity index (χ0n) is 11.1. The molecule has 2 unspecified atom stereocenters. The lowest BCUT2D eigenvalue weighted by Gasteiger charge is -2.20. The Labute approximate surface area is 104 Å². The second-order valence-corrected chi connectivity index (χ2v) is 4.73. The van der Waals surface area contributed by atoms with Gasteiger partial charge in [-0.1, -0.05) is 26.0 Å². The third-order valence-corrected chi connectivity index (χ3v) is 3.13. The second-order valence-electron chi connectivity index (χ2n) is 4.73. The van der Waals surface area contributed by atoms with Crippen LogP contribution in [-0.4, -0.2) is 24.8 Å². The van der Waals surface area contributed by atoms with Crippen molar-refractivity contribution >= 4 is 0 Å². The van der Waals surface area contributed by atoms with Crippen LogP contribution in [-0.2, 0) is 0 Å². The number of ether oxygens (including phenoxy) is 1. The highest BCUT2D eigenvalue weighted by Gasteiger charge is 2.11. The van der Waals surface area contributed by atoms with E-state index in [9.17, 15) is 5.11 Å². The summed E-state index contributed by atoms with van der Waals surface area (Å²) in [6, 6.07) is 7.92. The number of aliphatic hydroxyl groups excluding tert-OH is 1. The fourth-order valence-corrected chi connectivity index (χ4v) is 1.48. The molecule has 2 atom stereocenters. The van der Waals surface area contributed by atoms with E-state index in [0.717, 1.165) is 11.3 Å². The zero-order valence-corrected chi connectivity index (χ0v) is 11.1. The third kappa shape index (κ3) is 4.36. The van der Waals surface area contributed by atoms with Gasteiger partial charge in [-0.15, -0.1) is 0 Å². The average molecular weight is 237 g/mol. The summed E-state index contributed by atoms with van der Waals surface area (Å²) >= 11 is 0. The Kier molecular flexibility index (Phi) is 5.45. The van der Waals surface area contributed by atoms with Crippen molar-refractivity contribution in [3.63, 3.8) is 0 Å². The predicted octanol–water partition coefficient (Wildman–Crippen LogP) is 2.36. The topological polar surface area (TPSA) is 41.5 Å². The summed E-state index contributed by atoms with van der Waals surface area (Å²) in [5.74, 6) is 1.38. The van der Waals surface area contributed by atoms with Gasteiger partial charge in [0.15, 0.2) is 0 Å². The molecule has 0 spiro atoms. The number of methoxy groups -OCH3 is 1. The fraction of sp³-hybridized carbons (Fsp3) is 0.571. The summed E-state index contributed by atoms with van der Waals surface area (Å²) in [7, 11) is 1.64. The van der Waals surface area contributed by atoms with E-state index in [1.54, 1.807) is 7.11 Å². The summed E-state index contributed by atoms with van der Waals surface area (Å²) in [5, 5.41) is 13.3. The minimum absolute atomic E-state index is 0.405. The van der Waals surface area contributed by atoms with Crippen LogP contribution in [0.15, 0.2) is 24.3 Å². The molecule has 17 heavy (non-hydrogen) atoms. The van der Waals surface area contributed by atoms with Crippen molar-refractivity contribution in [2.24, 2.45) is 5.92 Å². The van der Waals surface area contributed by atoms with Gasteiger partial charge in [-0.3, -0.25) is 0 Å². The van der Waals surface area contributed by atoms with Gasteiger partial charge >= 0.3 is 0 Å². The zero-order chi connectivity index (χ0) is 12.8. The lowest BCUT2D eigenvalue weighted by atomic mass is 10.1. The highest BCUT2D eigenvalue weighted by atomic mass is 16.5. The first-order valence-electron chi connectivity index (χ1n) is 6.10. The molecule has 0 heterocycles. The van der Waals surface area contributed by atoms with Crippen LogP contribution in [0.25, 0.3) is 0 Å². The van der Waals surface area contributed by atoms with Crippen molar-refractivity contribution in [2.75, 3.05) is 13.7 Å².